The normalized spacial score (nSPS) is 12.5. The van der Waals surface area contributed by atoms with Gasteiger partial charge in [0.05, 0.1) is 16.8 Å². The van der Waals surface area contributed by atoms with Crippen molar-refractivity contribution < 1.29 is 28.7 Å². The third-order valence-electron chi connectivity index (χ3n) is 4.59. The first kappa shape index (κ1) is 20.9. The van der Waals surface area contributed by atoms with Gasteiger partial charge >= 0.3 is 5.97 Å². The summed E-state index contributed by atoms with van der Waals surface area (Å²) in [5.41, 5.74) is 1.41. The maximum atomic E-state index is 12.3. The lowest BCUT2D eigenvalue weighted by Crippen LogP contribution is -2.31. The van der Waals surface area contributed by atoms with Crippen LogP contribution in [0.2, 0.25) is 0 Å². The van der Waals surface area contributed by atoms with E-state index in [2.05, 4.69) is 5.32 Å². The molecule has 3 amide bonds. The van der Waals surface area contributed by atoms with Crippen LogP contribution in [-0.2, 0) is 14.3 Å². The van der Waals surface area contributed by atoms with Crippen LogP contribution in [0.3, 0.4) is 0 Å². The third kappa shape index (κ3) is 4.60. The summed E-state index contributed by atoms with van der Waals surface area (Å²) < 4.78 is 4.93. The van der Waals surface area contributed by atoms with Crippen molar-refractivity contribution in [3.63, 3.8) is 0 Å². The van der Waals surface area contributed by atoms with Gasteiger partial charge in [-0.15, -0.1) is 0 Å². The molecule has 3 rings (SSSR count). The molecule has 30 heavy (non-hydrogen) atoms. The molecule has 0 spiro atoms. The first-order valence-corrected chi connectivity index (χ1v) is 9.39. The Bertz CT molecular complexity index is 995. The smallest absolute Gasteiger partial charge is 0.306 e. The van der Waals surface area contributed by atoms with E-state index in [0.717, 1.165) is 4.90 Å². The van der Waals surface area contributed by atoms with Crippen LogP contribution >= 0.6 is 0 Å². The first-order chi connectivity index (χ1) is 14.4. The fourth-order valence-electron chi connectivity index (χ4n) is 3.13. The van der Waals surface area contributed by atoms with Crippen molar-refractivity contribution in [3.05, 3.63) is 65.2 Å². The number of nitrogens with zero attached hydrogens (tertiary/aromatic N) is 1. The third-order valence-corrected chi connectivity index (χ3v) is 4.59. The highest BCUT2D eigenvalue weighted by Crippen LogP contribution is 2.22. The molecule has 2 aromatic rings. The molecule has 0 aliphatic carbocycles. The average molecular weight is 408 g/mol. The number of ketones is 1. The number of hydrogen-bond donors (Lipinski definition) is 1. The standard InChI is InChI=1S/C22H20N2O6/c1-14(25)15-7-4-5-10-18(15)23-19(26)13-30-20(27)11-6-12-24-21(28)16-8-2-3-9-17(16)22(24)29/h2-5,7-10H,6,11-13H2,1H3,(H,23,26). The van der Waals surface area contributed by atoms with Gasteiger partial charge in [0.2, 0.25) is 0 Å². The highest BCUT2D eigenvalue weighted by atomic mass is 16.5. The van der Waals surface area contributed by atoms with E-state index in [0.29, 0.717) is 22.4 Å². The number of esters is 1. The van der Waals surface area contributed by atoms with Crippen molar-refractivity contribution in [2.24, 2.45) is 0 Å². The summed E-state index contributed by atoms with van der Waals surface area (Å²) in [4.78, 5) is 61.1. The predicted octanol–water partition coefficient (Wildman–Crippen LogP) is 2.45. The quantitative estimate of drug-likeness (QED) is 0.408. The molecular weight excluding hydrogens is 388 g/mol. The summed E-state index contributed by atoms with van der Waals surface area (Å²) in [7, 11) is 0. The van der Waals surface area contributed by atoms with Crippen LogP contribution in [-0.4, -0.2) is 47.5 Å². The van der Waals surface area contributed by atoms with Crippen molar-refractivity contribution in [2.75, 3.05) is 18.5 Å². The molecule has 0 atom stereocenters. The Labute approximate surface area is 172 Å². The van der Waals surface area contributed by atoms with Crippen molar-refractivity contribution >= 4 is 35.2 Å². The topological polar surface area (TPSA) is 110 Å². The first-order valence-electron chi connectivity index (χ1n) is 9.39. The van der Waals surface area contributed by atoms with Crippen molar-refractivity contribution in [3.8, 4) is 0 Å². The molecule has 1 aliphatic heterocycles. The van der Waals surface area contributed by atoms with Gasteiger partial charge in [-0.05, 0) is 37.6 Å². The van der Waals surface area contributed by atoms with E-state index >= 15 is 0 Å². The Morgan fingerprint density at radius 1 is 0.933 bits per heavy atom. The molecule has 2 aromatic carbocycles. The number of anilines is 1. The number of rotatable bonds is 8. The fourth-order valence-corrected chi connectivity index (χ4v) is 3.13. The van der Waals surface area contributed by atoms with Gasteiger partial charge in [0.1, 0.15) is 0 Å². The molecule has 154 valence electrons. The molecule has 0 unspecified atom stereocenters. The van der Waals surface area contributed by atoms with Crippen LogP contribution in [0.15, 0.2) is 48.5 Å². The van der Waals surface area contributed by atoms with E-state index in [4.69, 9.17) is 4.74 Å². The predicted molar refractivity (Wildman–Crippen MR) is 107 cm³/mol. The number of amides is 3. The van der Waals surface area contributed by atoms with E-state index in [1.807, 2.05) is 0 Å². The van der Waals surface area contributed by atoms with Gasteiger partial charge in [-0.25, -0.2) is 0 Å². The number of carbonyl (C=O) groups excluding carboxylic acids is 5. The molecule has 0 bridgehead atoms. The average Bonchev–Trinajstić information content (AvgIpc) is 2.97. The molecule has 0 fully saturated rings. The minimum atomic E-state index is -0.624. The molecule has 1 aliphatic rings. The zero-order chi connectivity index (χ0) is 21.7. The maximum absolute atomic E-state index is 12.3. The van der Waals surface area contributed by atoms with E-state index in [1.54, 1.807) is 48.5 Å². The van der Waals surface area contributed by atoms with Gasteiger partial charge < -0.3 is 10.1 Å². The number of fused-ring (bicyclic) bond motifs is 1. The molecule has 0 saturated carbocycles. The van der Waals surface area contributed by atoms with Crippen LogP contribution < -0.4 is 5.32 Å². The van der Waals surface area contributed by atoms with E-state index in [9.17, 15) is 24.0 Å². The lowest BCUT2D eigenvalue weighted by molar-refractivity contribution is -0.147. The van der Waals surface area contributed by atoms with Gasteiger partial charge in [0.25, 0.3) is 17.7 Å². The lowest BCUT2D eigenvalue weighted by atomic mass is 10.1. The summed E-state index contributed by atoms with van der Waals surface area (Å²) in [5.74, 6) is -2.16. The summed E-state index contributed by atoms with van der Waals surface area (Å²) >= 11 is 0. The largest absolute Gasteiger partial charge is 0.456 e. The summed E-state index contributed by atoms with van der Waals surface area (Å²) in [6, 6.07) is 13.1. The summed E-state index contributed by atoms with van der Waals surface area (Å²) in [6.45, 7) is 0.969. The van der Waals surface area contributed by atoms with Crippen molar-refractivity contribution in [1.29, 1.82) is 0 Å². The lowest BCUT2D eigenvalue weighted by Gasteiger charge is -2.13. The minimum Gasteiger partial charge on any atom is -0.456 e. The molecular formula is C22H20N2O6. The Kier molecular flexibility index (Phi) is 6.36. The van der Waals surface area contributed by atoms with E-state index in [-0.39, 0.29) is 37.0 Å². The van der Waals surface area contributed by atoms with Crippen LogP contribution in [0.5, 0.6) is 0 Å². The van der Waals surface area contributed by atoms with E-state index < -0.39 is 18.5 Å². The minimum absolute atomic E-state index is 0.0509. The molecule has 8 nitrogen and oxygen atoms in total. The Hall–Kier alpha value is -3.81. The monoisotopic (exact) mass is 408 g/mol. The number of ether oxygens (including phenoxy) is 1. The number of para-hydroxylation sites is 1. The zero-order valence-corrected chi connectivity index (χ0v) is 16.3. The zero-order valence-electron chi connectivity index (χ0n) is 16.3. The number of hydrogen-bond acceptors (Lipinski definition) is 6. The highest BCUT2D eigenvalue weighted by molar-refractivity contribution is 6.21. The maximum Gasteiger partial charge on any atom is 0.306 e. The van der Waals surface area contributed by atoms with Crippen molar-refractivity contribution in [2.45, 2.75) is 19.8 Å². The summed E-state index contributed by atoms with van der Waals surface area (Å²) in [6.07, 6.45) is 0.170. The second-order valence-electron chi connectivity index (χ2n) is 6.72. The number of benzene rings is 2. The number of nitrogens with one attached hydrogen (secondary N) is 1. The fraction of sp³-hybridized carbons (Fsp3) is 0.227. The molecule has 8 heteroatoms. The Morgan fingerprint density at radius 3 is 2.17 bits per heavy atom. The molecule has 1 N–H and O–H groups in total. The molecule has 0 aromatic heterocycles. The van der Waals surface area contributed by atoms with Crippen molar-refractivity contribution in [1.82, 2.24) is 4.90 Å². The van der Waals surface area contributed by atoms with Gasteiger partial charge in [0.15, 0.2) is 12.4 Å². The Balaban J connectivity index is 1.43. The molecule has 0 saturated heterocycles. The molecule has 1 heterocycles. The van der Waals surface area contributed by atoms with Gasteiger partial charge in [0, 0.05) is 18.5 Å². The van der Waals surface area contributed by atoms with Gasteiger partial charge in [-0.1, -0.05) is 24.3 Å². The van der Waals surface area contributed by atoms with Crippen LogP contribution in [0.4, 0.5) is 5.69 Å². The SMILES string of the molecule is CC(=O)c1ccccc1NC(=O)COC(=O)CCCN1C(=O)c2ccccc2C1=O. The number of carbonyl (C=O) groups is 5. The van der Waals surface area contributed by atoms with Crippen LogP contribution in [0.25, 0.3) is 0 Å². The van der Waals surface area contributed by atoms with Gasteiger partial charge in [-0.2, -0.15) is 0 Å². The summed E-state index contributed by atoms with van der Waals surface area (Å²) in [5, 5.41) is 2.54. The molecule has 0 radical (unpaired) electrons. The number of Topliss-reactive ketones (excluding diaryl/α,β-unsaturated/α-hetero) is 1. The van der Waals surface area contributed by atoms with Gasteiger partial charge in [-0.3, -0.25) is 28.9 Å². The second-order valence-corrected chi connectivity index (χ2v) is 6.72. The Morgan fingerprint density at radius 2 is 1.53 bits per heavy atom. The highest BCUT2D eigenvalue weighted by Gasteiger charge is 2.34. The second kappa shape index (κ2) is 9.13. The number of imide groups is 1. The van der Waals surface area contributed by atoms with Crippen LogP contribution in [0.1, 0.15) is 50.8 Å². The van der Waals surface area contributed by atoms with E-state index in [1.165, 1.54) is 6.92 Å². The van der Waals surface area contributed by atoms with Crippen LogP contribution in [0, 0.1) is 0 Å².